The van der Waals surface area contributed by atoms with Gasteiger partial charge in [0.2, 0.25) is 0 Å². The first-order chi connectivity index (χ1) is 9.66. The third-order valence-electron chi connectivity index (χ3n) is 4.65. The second-order valence-corrected chi connectivity index (χ2v) is 6.35. The van der Waals surface area contributed by atoms with Gasteiger partial charge in [0.05, 0.1) is 0 Å². The van der Waals surface area contributed by atoms with Crippen molar-refractivity contribution in [3.8, 4) is 0 Å². The molecule has 0 radical (unpaired) electrons. The number of benzene rings is 1. The Bertz CT molecular complexity index is 505. The van der Waals surface area contributed by atoms with Gasteiger partial charge >= 0.3 is 0 Å². The average Bonchev–Trinajstić information content (AvgIpc) is 3.06. The van der Waals surface area contributed by atoms with E-state index in [0.717, 1.165) is 25.9 Å². The standard InChI is InChI=1S/C16H21ClN2O/c1-18-9-3-7-14(18)15-8-4-10-19(15)16(20)12-5-2-6-13(17)11-12/h2,5-6,11,14-15H,3-4,7-10H2,1H3/t14-,15+/m1/s1. The van der Waals surface area contributed by atoms with Crippen LogP contribution in [0.15, 0.2) is 24.3 Å². The van der Waals surface area contributed by atoms with Crippen molar-refractivity contribution in [3.05, 3.63) is 34.9 Å². The summed E-state index contributed by atoms with van der Waals surface area (Å²) >= 11 is 6.00. The van der Waals surface area contributed by atoms with Crippen LogP contribution in [-0.4, -0.2) is 47.9 Å². The Morgan fingerprint density at radius 3 is 2.65 bits per heavy atom. The molecule has 2 atom stereocenters. The second kappa shape index (κ2) is 5.74. The molecule has 20 heavy (non-hydrogen) atoms. The van der Waals surface area contributed by atoms with Crippen LogP contribution < -0.4 is 0 Å². The Hall–Kier alpha value is -1.06. The molecule has 2 aliphatic rings. The minimum Gasteiger partial charge on any atom is -0.334 e. The van der Waals surface area contributed by atoms with Crippen molar-refractivity contribution in [2.45, 2.75) is 37.8 Å². The number of likely N-dealkylation sites (tertiary alicyclic amines) is 2. The largest absolute Gasteiger partial charge is 0.334 e. The lowest BCUT2D eigenvalue weighted by atomic mass is 10.0. The highest BCUT2D eigenvalue weighted by atomic mass is 35.5. The molecule has 2 aliphatic heterocycles. The maximum absolute atomic E-state index is 12.7. The molecule has 0 spiro atoms. The summed E-state index contributed by atoms with van der Waals surface area (Å²) in [5, 5.41) is 0.629. The maximum atomic E-state index is 12.7. The van der Waals surface area contributed by atoms with E-state index in [1.807, 2.05) is 18.2 Å². The van der Waals surface area contributed by atoms with Gasteiger partial charge in [0.1, 0.15) is 0 Å². The second-order valence-electron chi connectivity index (χ2n) is 5.91. The highest BCUT2D eigenvalue weighted by molar-refractivity contribution is 6.30. The molecule has 3 rings (SSSR count). The Kier molecular flexibility index (Phi) is 3.99. The van der Waals surface area contributed by atoms with Crippen molar-refractivity contribution in [1.82, 2.24) is 9.80 Å². The Morgan fingerprint density at radius 1 is 1.20 bits per heavy atom. The summed E-state index contributed by atoms with van der Waals surface area (Å²) < 4.78 is 0. The molecule has 1 aromatic carbocycles. The first-order valence-corrected chi connectivity index (χ1v) is 7.81. The van der Waals surface area contributed by atoms with Crippen LogP contribution >= 0.6 is 11.6 Å². The first-order valence-electron chi connectivity index (χ1n) is 7.43. The summed E-state index contributed by atoms with van der Waals surface area (Å²) in [6, 6.07) is 8.20. The minimum atomic E-state index is 0.135. The monoisotopic (exact) mass is 292 g/mol. The lowest BCUT2D eigenvalue weighted by molar-refractivity contribution is 0.0664. The van der Waals surface area contributed by atoms with Gasteiger partial charge in [-0.25, -0.2) is 0 Å². The smallest absolute Gasteiger partial charge is 0.254 e. The number of carbonyl (C=O) groups is 1. The van der Waals surface area contributed by atoms with Gasteiger partial charge in [-0.2, -0.15) is 0 Å². The summed E-state index contributed by atoms with van der Waals surface area (Å²) in [6.45, 7) is 2.03. The van der Waals surface area contributed by atoms with E-state index < -0.39 is 0 Å². The Labute approximate surface area is 125 Å². The van der Waals surface area contributed by atoms with E-state index in [1.54, 1.807) is 6.07 Å². The van der Waals surface area contributed by atoms with E-state index in [1.165, 1.54) is 12.8 Å². The normalized spacial score (nSPS) is 27.2. The van der Waals surface area contributed by atoms with Gasteiger partial charge in [-0.1, -0.05) is 17.7 Å². The number of carbonyl (C=O) groups excluding carboxylic acids is 1. The van der Waals surface area contributed by atoms with Crippen molar-refractivity contribution in [2.24, 2.45) is 0 Å². The van der Waals surface area contributed by atoms with Crippen molar-refractivity contribution in [3.63, 3.8) is 0 Å². The van der Waals surface area contributed by atoms with Crippen LogP contribution in [0.4, 0.5) is 0 Å². The van der Waals surface area contributed by atoms with Crippen LogP contribution in [0.25, 0.3) is 0 Å². The number of hydrogen-bond donors (Lipinski definition) is 0. The third kappa shape index (κ3) is 2.57. The molecular weight excluding hydrogens is 272 g/mol. The molecule has 1 amide bonds. The fourth-order valence-corrected chi connectivity index (χ4v) is 3.84. The maximum Gasteiger partial charge on any atom is 0.254 e. The van der Waals surface area contributed by atoms with E-state index in [2.05, 4.69) is 16.8 Å². The quantitative estimate of drug-likeness (QED) is 0.836. The summed E-state index contributed by atoms with van der Waals surface area (Å²) in [5.41, 5.74) is 0.713. The summed E-state index contributed by atoms with van der Waals surface area (Å²) in [7, 11) is 2.18. The zero-order valence-corrected chi connectivity index (χ0v) is 12.6. The lowest BCUT2D eigenvalue weighted by Crippen LogP contribution is -2.47. The summed E-state index contributed by atoms with van der Waals surface area (Å²) in [5.74, 6) is 0.135. The van der Waals surface area contributed by atoms with Crippen molar-refractivity contribution >= 4 is 17.5 Å². The molecule has 2 heterocycles. The molecule has 108 valence electrons. The zero-order valence-electron chi connectivity index (χ0n) is 11.9. The summed E-state index contributed by atoms with van der Waals surface area (Å²) in [4.78, 5) is 17.2. The molecule has 0 N–H and O–H groups in total. The molecule has 4 heteroatoms. The zero-order chi connectivity index (χ0) is 14.1. The Balaban J connectivity index is 1.79. The lowest BCUT2D eigenvalue weighted by Gasteiger charge is -2.33. The number of rotatable bonds is 2. The van der Waals surface area contributed by atoms with Crippen LogP contribution in [0, 0.1) is 0 Å². The highest BCUT2D eigenvalue weighted by Gasteiger charge is 2.38. The van der Waals surface area contributed by atoms with Gasteiger partial charge in [0.25, 0.3) is 5.91 Å². The van der Waals surface area contributed by atoms with E-state index >= 15 is 0 Å². The molecule has 2 fully saturated rings. The third-order valence-corrected chi connectivity index (χ3v) is 4.89. The van der Waals surface area contributed by atoms with Gasteiger partial charge in [0.15, 0.2) is 0 Å². The highest BCUT2D eigenvalue weighted by Crippen LogP contribution is 2.30. The number of likely N-dealkylation sites (N-methyl/N-ethyl adjacent to an activating group) is 1. The fraction of sp³-hybridized carbons (Fsp3) is 0.562. The van der Waals surface area contributed by atoms with E-state index in [0.29, 0.717) is 22.7 Å². The van der Waals surface area contributed by atoms with Gasteiger partial charge in [0, 0.05) is 29.2 Å². The van der Waals surface area contributed by atoms with E-state index in [9.17, 15) is 4.79 Å². The predicted molar refractivity (Wildman–Crippen MR) is 81.2 cm³/mol. The van der Waals surface area contributed by atoms with Crippen molar-refractivity contribution < 1.29 is 4.79 Å². The topological polar surface area (TPSA) is 23.6 Å². The first kappa shape index (κ1) is 13.9. The van der Waals surface area contributed by atoms with Crippen molar-refractivity contribution in [2.75, 3.05) is 20.1 Å². The minimum absolute atomic E-state index is 0.135. The van der Waals surface area contributed by atoms with Crippen molar-refractivity contribution in [1.29, 1.82) is 0 Å². The fourth-order valence-electron chi connectivity index (χ4n) is 3.65. The molecule has 2 saturated heterocycles. The number of hydrogen-bond acceptors (Lipinski definition) is 2. The molecule has 0 unspecified atom stereocenters. The number of amides is 1. The van der Waals surface area contributed by atoms with Crippen LogP contribution in [0.1, 0.15) is 36.0 Å². The SMILES string of the molecule is CN1CCC[C@@H]1[C@@H]1CCCN1C(=O)c1cccc(Cl)c1. The molecule has 1 aromatic rings. The van der Waals surface area contributed by atoms with E-state index in [-0.39, 0.29) is 5.91 Å². The van der Waals surface area contributed by atoms with Gasteiger partial charge in [-0.3, -0.25) is 4.79 Å². The van der Waals surface area contributed by atoms with Gasteiger partial charge in [-0.15, -0.1) is 0 Å². The van der Waals surface area contributed by atoms with E-state index in [4.69, 9.17) is 11.6 Å². The van der Waals surface area contributed by atoms with Crippen LogP contribution in [0.2, 0.25) is 5.02 Å². The molecular formula is C16H21ClN2O. The number of halogens is 1. The molecule has 0 aromatic heterocycles. The molecule has 0 bridgehead atoms. The van der Waals surface area contributed by atoms with Crippen LogP contribution in [-0.2, 0) is 0 Å². The number of nitrogens with zero attached hydrogens (tertiary/aromatic N) is 2. The molecule has 3 nitrogen and oxygen atoms in total. The Morgan fingerprint density at radius 2 is 1.95 bits per heavy atom. The van der Waals surface area contributed by atoms with Crippen LogP contribution in [0.3, 0.4) is 0 Å². The molecule has 0 aliphatic carbocycles. The van der Waals surface area contributed by atoms with Crippen LogP contribution in [0.5, 0.6) is 0 Å². The predicted octanol–water partition coefficient (Wildman–Crippen LogP) is 3.04. The average molecular weight is 293 g/mol. The molecule has 0 saturated carbocycles. The summed E-state index contributed by atoms with van der Waals surface area (Å²) in [6.07, 6.45) is 4.69. The van der Waals surface area contributed by atoms with Gasteiger partial charge in [-0.05, 0) is 57.5 Å². The van der Waals surface area contributed by atoms with Gasteiger partial charge < -0.3 is 9.80 Å².